The lowest BCUT2D eigenvalue weighted by molar-refractivity contribution is -0.131. The third-order valence-electron chi connectivity index (χ3n) is 6.50. The summed E-state index contributed by atoms with van der Waals surface area (Å²) < 4.78 is 16.2. The second-order valence-electron chi connectivity index (χ2n) is 8.68. The van der Waals surface area contributed by atoms with Crippen LogP contribution in [0.15, 0.2) is 73.1 Å². The number of methoxy groups -OCH3 is 1. The van der Waals surface area contributed by atoms with E-state index in [9.17, 15) is 9.59 Å². The molecular formula is C28H30N2O5. The Morgan fingerprint density at radius 3 is 2.40 bits per heavy atom. The highest BCUT2D eigenvalue weighted by Crippen LogP contribution is 2.37. The summed E-state index contributed by atoms with van der Waals surface area (Å²) in [5, 5.41) is 3.18. The lowest BCUT2D eigenvalue weighted by Crippen LogP contribution is -2.48. The van der Waals surface area contributed by atoms with Crippen LogP contribution >= 0.6 is 0 Å². The summed E-state index contributed by atoms with van der Waals surface area (Å²) in [5.41, 5.74) is 2.64. The van der Waals surface area contributed by atoms with Crippen LogP contribution < -0.4 is 10.1 Å². The zero-order valence-electron chi connectivity index (χ0n) is 20.0. The van der Waals surface area contributed by atoms with Gasteiger partial charge in [-0.2, -0.15) is 0 Å². The summed E-state index contributed by atoms with van der Waals surface area (Å²) in [6.07, 6.45) is 4.71. The molecule has 2 heterocycles. The number of aromatic nitrogens is 1. The fourth-order valence-electron chi connectivity index (χ4n) is 4.33. The van der Waals surface area contributed by atoms with Crippen LogP contribution in [0.1, 0.15) is 52.9 Å². The van der Waals surface area contributed by atoms with Crippen LogP contribution in [0.4, 0.5) is 0 Å². The Kier molecular flexibility index (Phi) is 7.77. The van der Waals surface area contributed by atoms with Crippen molar-refractivity contribution in [2.24, 2.45) is 0 Å². The molecule has 1 atom stereocenters. The molecule has 2 aromatic carbocycles. The molecule has 1 aromatic heterocycles. The third kappa shape index (κ3) is 5.69. The first-order valence-electron chi connectivity index (χ1n) is 11.7. The average molecular weight is 475 g/mol. The highest BCUT2D eigenvalue weighted by molar-refractivity contribution is 5.90. The Balaban J connectivity index is 1.47. The molecule has 1 aliphatic rings. The largest absolute Gasteiger partial charge is 0.489 e. The van der Waals surface area contributed by atoms with Gasteiger partial charge in [-0.25, -0.2) is 4.79 Å². The van der Waals surface area contributed by atoms with Crippen molar-refractivity contribution < 1.29 is 23.8 Å². The molecule has 1 unspecified atom stereocenters. The SMILES string of the molecule is COC(=O)c1ccc(C(C)NC(=O)C2(c3ccc(OCc4cccnc4)cc3)CCOCC2)cc1. The van der Waals surface area contributed by atoms with Crippen molar-refractivity contribution in [3.05, 3.63) is 95.3 Å². The van der Waals surface area contributed by atoms with Crippen LogP contribution in [0.5, 0.6) is 5.75 Å². The first-order chi connectivity index (χ1) is 17.0. The fourth-order valence-corrected chi connectivity index (χ4v) is 4.33. The van der Waals surface area contributed by atoms with Crippen molar-refractivity contribution in [2.45, 2.75) is 37.8 Å². The molecule has 0 aliphatic carbocycles. The minimum absolute atomic E-state index is 0.0330. The van der Waals surface area contributed by atoms with Crippen molar-refractivity contribution in [3.63, 3.8) is 0 Å². The summed E-state index contributed by atoms with van der Waals surface area (Å²) in [7, 11) is 1.35. The number of nitrogens with zero attached hydrogens (tertiary/aromatic N) is 1. The number of amides is 1. The van der Waals surface area contributed by atoms with Gasteiger partial charge < -0.3 is 19.5 Å². The molecule has 0 saturated carbocycles. The quantitative estimate of drug-likeness (QED) is 0.488. The van der Waals surface area contributed by atoms with Gasteiger partial charge in [0.1, 0.15) is 12.4 Å². The molecule has 1 saturated heterocycles. The van der Waals surface area contributed by atoms with Crippen molar-refractivity contribution >= 4 is 11.9 Å². The predicted molar refractivity (Wildman–Crippen MR) is 131 cm³/mol. The van der Waals surface area contributed by atoms with Crippen molar-refractivity contribution in [2.75, 3.05) is 20.3 Å². The number of hydrogen-bond acceptors (Lipinski definition) is 6. The van der Waals surface area contributed by atoms with E-state index in [4.69, 9.17) is 14.2 Å². The molecule has 0 spiro atoms. The molecule has 1 N–H and O–H groups in total. The maximum Gasteiger partial charge on any atom is 0.337 e. The second-order valence-corrected chi connectivity index (χ2v) is 8.68. The summed E-state index contributed by atoms with van der Waals surface area (Å²) in [6.45, 7) is 3.41. The smallest absolute Gasteiger partial charge is 0.337 e. The highest BCUT2D eigenvalue weighted by atomic mass is 16.5. The number of carbonyl (C=O) groups is 2. The molecule has 0 bridgehead atoms. The van der Waals surface area contributed by atoms with E-state index >= 15 is 0 Å². The van der Waals surface area contributed by atoms with E-state index in [-0.39, 0.29) is 17.9 Å². The summed E-state index contributed by atoms with van der Waals surface area (Å²) in [5.74, 6) is 0.316. The number of carbonyl (C=O) groups excluding carboxylic acids is 2. The number of rotatable bonds is 8. The van der Waals surface area contributed by atoms with Gasteiger partial charge in [-0.3, -0.25) is 9.78 Å². The summed E-state index contributed by atoms with van der Waals surface area (Å²) in [6, 6.07) is 18.5. The zero-order chi connectivity index (χ0) is 24.7. The van der Waals surface area contributed by atoms with Crippen LogP contribution in [-0.2, 0) is 26.3 Å². The molecule has 1 aliphatic heterocycles. The average Bonchev–Trinajstić information content (AvgIpc) is 2.92. The molecule has 182 valence electrons. The normalized spacial score (nSPS) is 15.6. The number of ether oxygens (including phenoxy) is 3. The number of benzene rings is 2. The van der Waals surface area contributed by atoms with Crippen molar-refractivity contribution in [1.82, 2.24) is 10.3 Å². The minimum atomic E-state index is -0.680. The van der Waals surface area contributed by atoms with Crippen LogP contribution in [0.25, 0.3) is 0 Å². The van der Waals surface area contributed by atoms with Gasteiger partial charge in [0, 0.05) is 31.2 Å². The van der Waals surface area contributed by atoms with Gasteiger partial charge in [0.15, 0.2) is 0 Å². The van der Waals surface area contributed by atoms with E-state index in [0.29, 0.717) is 38.2 Å². The van der Waals surface area contributed by atoms with Gasteiger partial charge in [0.25, 0.3) is 0 Å². The van der Waals surface area contributed by atoms with Gasteiger partial charge in [-0.15, -0.1) is 0 Å². The summed E-state index contributed by atoms with van der Waals surface area (Å²) >= 11 is 0. The van der Waals surface area contributed by atoms with Crippen LogP contribution in [-0.4, -0.2) is 37.2 Å². The van der Waals surface area contributed by atoms with Crippen LogP contribution in [0, 0.1) is 0 Å². The number of pyridine rings is 1. The fraction of sp³-hybridized carbons (Fsp3) is 0.321. The first-order valence-corrected chi connectivity index (χ1v) is 11.7. The van der Waals surface area contributed by atoms with Crippen molar-refractivity contribution in [3.8, 4) is 5.75 Å². The summed E-state index contributed by atoms with van der Waals surface area (Å²) in [4.78, 5) is 29.4. The maximum absolute atomic E-state index is 13.6. The first kappa shape index (κ1) is 24.4. The molecule has 35 heavy (non-hydrogen) atoms. The Labute approximate surface area is 205 Å². The third-order valence-corrected chi connectivity index (χ3v) is 6.50. The molecule has 1 fully saturated rings. The lowest BCUT2D eigenvalue weighted by atomic mass is 9.73. The van der Waals surface area contributed by atoms with E-state index in [1.807, 2.05) is 55.5 Å². The van der Waals surface area contributed by atoms with E-state index in [0.717, 1.165) is 22.4 Å². The number of nitrogens with one attached hydrogen (secondary N) is 1. The monoisotopic (exact) mass is 474 g/mol. The molecule has 3 aromatic rings. The standard InChI is InChI=1S/C28H30N2O5/c1-20(22-5-7-23(8-6-22)26(31)33-2)30-27(32)28(13-16-34-17-14-28)24-9-11-25(12-10-24)35-19-21-4-3-15-29-18-21/h3-12,15,18,20H,13-14,16-17,19H2,1-2H3,(H,30,32). The highest BCUT2D eigenvalue weighted by Gasteiger charge is 2.42. The number of esters is 1. The van der Waals surface area contributed by atoms with Crippen LogP contribution in [0.3, 0.4) is 0 Å². The predicted octanol–water partition coefficient (Wildman–Crippen LogP) is 4.37. The van der Waals surface area contributed by atoms with Gasteiger partial charge in [-0.05, 0) is 61.2 Å². The molecular weight excluding hydrogens is 444 g/mol. The van der Waals surface area contributed by atoms with Gasteiger partial charge in [0.05, 0.1) is 24.1 Å². The number of hydrogen-bond donors (Lipinski definition) is 1. The topological polar surface area (TPSA) is 86.8 Å². The van der Waals surface area contributed by atoms with E-state index in [2.05, 4.69) is 10.3 Å². The maximum atomic E-state index is 13.6. The molecule has 0 radical (unpaired) electrons. The second kappa shape index (κ2) is 11.1. The van der Waals surface area contributed by atoms with Gasteiger partial charge in [0.2, 0.25) is 5.91 Å². The minimum Gasteiger partial charge on any atom is -0.489 e. The Morgan fingerprint density at radius 2 is 1.77 bits per heavy atom. The van der Waals surface area contributed by atoms with E-state index < -0.39 is 5.41 Å². The Hall–Kier alpha value is -3.71. The van der Waals surface area contributed by atoms with Gasteiger partial charge >= 0.3 is 5.97 Å². The zero-order valence-corrected chi connectivity index (χ0v) is 20.0. The molecule has 7 nitrogen and oxygen atoms in total. The Morgan fingerprint density at radius 1 is 1.06 bits per heavy atom. The Bertz CT molecular complexity index is 1120. The lowest BCUT2D eigenvalue weighted by Gasteiger charge is -2.37. The van der Waals surface area contributed by atoms with Crippen LogP contribution in [0.2, 0.25) is 0 Å². The van der Waals surface area contributed by atoms with Gasteiger partial charge in [-0.1, -0.05) is 30.3 Å². The van der Waals surface area contributed by atoms with E-state index in [1.165, 1.54) is 7.11 Å². The van der Waals surface area contributed by atoms with Crippen molar-refractivity contribution in [1.29, 1.82) is 0 Å². The molecule has 7 heteroatoms. The molecule has 4 rings (SSSR count). The van der Waals surface area contributed by atoms with E-state index in [1.54, 1.807) is 24.5 Å². The molecule has 1 amide bonds.